The lowest BCUT2D eigenvalue weighted by Crippen LogP contribution is -2.25. The van der Waals surface area contributed by atoms with E-state index in [1.54, 1.807) is 0 Å². The summed E-state index contributed by atoms with van der Waals surface area (Å²) in [5, 5.41) is 12.0. The fourth-order valence-corrected chi connectivity index (χ4v) is 3.82. The van der Waals surface area contributed by atoms with E-state index in [4.69, 9.17) is 23.2 Å². The third-order valence-electron chi connectivity index (χ3n) is 4.36. The predicted octanol–water partition coefficient (Wildman–Crippen LogP) is 5.02. The van der Waals surface area contributed by atoms with Crippen LogP contribution in [0.5, 0.6) is 0 Å². The Hall–Kier alpha value is -1.02. The third kappa shape index (κ3) is 3.11. The van der Waals surface area contributed by atoms with E-state index in [1.165, 1.54) is 11.1 Å². The second-order valence-electron chi connectivity index (χ2n) is 5.67. The minimum absolute atomic E-state index is 0.169. The Morgan fingerprint density at radius 3 is 2.52 bits per heavy atom. The lowest BCUT2D eigenvalue weighted by Gasteiger charge is -2.30. The number of rotatable bonds is 3. The molecule has 2 aromatic rings. The maximum Gasteiger partial charge on any atom is 0.0650 e. The van der Waals surface area contributed by atoms with Gasteiger partial charge in [-0.15, -0.1) is 0 Å². The van der Waals surface area contributed by atoms with Crippen molar-refractivity contribution in [3.63, 3.8) is 0 Å². The van der Waals surface area contributed by atoms with Gasteiger partial charge in [0.1, 0.15) is 0 Å². The zero-order valence-corrected chi connectivity index (χ0v) is 13.2. The third-order valence-corrected chi connectivity index (χ3v) is 5.06. The number of hydrogen-bond donors (Lipinski definition) is 1. The van der Waals surface area contributed by atoms with Gasteiger partial charge < -0.3 is 5.11 Å². The number of aliphatic hydroxyl groups is 1. The molecule has 0 radical (unpaired) electrons. The molecular weight excluding hydrogens is 303 g/mol. The van der Waals surface area contributed by atoms with Crippen molar-refractivity contribution in [3.8, 4) is 0 Å². The van der Waals surface area contributed by atoms with Gasteiger partial charge in [0.15, 0.2) is 0 Å². The normalized spacial score (nSPS) is 19.1. The lowest BCUT2D eigenvalue weighted by atomic mass is 9.78. The highest BCUT2D eigenvalue weighted by molar-refractivity contribution is 6.36. The minimum atomic E-state index is -0.455. The second-order valence-corrected chi connectivity index (χ2v) is 6.48. The molecule has 2 atom stereocenters. The summed E-state index contributed by atoms with van der Waals surface area (Å²) in [4.78, 5) is 0. The second kappa shape index (κ2) is 6.39. The summed E-state index contributed by atoms with van der Waals surface area (Å²) in [7, 11) is 0. The first-order valence-corrected chi connectivity index (χ1v) is 8.11. The van der Waals surface area contributed by atoms with Crippen LogP contribution < -0.4 is 0 Å². The van der Waals surface area contributed by atoms with Crippen LogP contribution in [0.15, 0.2) is 42.5 Å². The highest BCUT2D eigenvalue weighted by atomic mass is 35.5. The van der Waals surface area contributed by atoms with E-state index in [0.717, 1.165) is 24.8 Å². The van der Waals surface area contributed by atoms with Crippen molar-refractivity contribution in [1.29, 1.82) is 0 Å². The van der Waals surface area contributed by atoms with Crippen molar-refractivity contribution >= 4 is 23.2 Å². The zero-order chi connectivity index (χ0) is 14.8. The number of aryl methyl sites for hydroxylation is 1. The predicted molar refractivity (Wildman–Crippen MR) is 88.3 cm³/mol. The summed E-state index contributed by atoms with van der Waals surface area (Å²) < 4.78 is 0. The molecule has 0 spiro atoms. The summed E-state index contributed by atoms with van der Waals surface area (Å²) >= 11 is 12.4. The van der Waals surface area contributed by atoms with Gasteiger partial charge in [-0.2, -0.15) is 0 Å². The van der Waals surface area contributed by atoms with Crippen molar-refractivity contribution in [2.45, 2.75) is 37.7 Å². The molecule has 1 N–H and O–H groups in total. The number of hydrogen-bond acceptors (Lipinski definition) is 1. The fraction of sp³-hybridized carbons (Fsp3) is 0.333. The highest BCUT2D eigenvalue weighted by Gasteiger charge is 2.27. The molecule has 0 aromatic heterocycles. The molecule has 0 aliphatic heterocycles. The molecule has 1 aliphatic rings. The first kappa shape index (κ1) is 14.9. The van der Waals surface area contributed by atoms with Crippen LogP contribution in [0.2, 0.25) is 10.0 Å². The Balaban J connectivity index is 1.85. The van der Waals surface area contributed by atoms with Gasteiger partial charge in [-0.05, 0) is 48.1 Å². The average molecular weight is 321 g/mol. The molecule has 0 bridgehead atoms. The molecule has 2 aromatic carbocycles. The van der Waals surface area contributed by atoms with Crippen molar-refractivity contribution in [1.82, 2.24) is 0 Å². The first-order valence-electron chi connectivity index (χ1n) is 7.35. The molecule has 1 nitrogen and oxygen atoms in total. The van der Waals surface area contributed by atoms with E-state index < -0.39 is 6.10 Å². The molecule has 0 saturated heterocycles. The van der Waals surface area contributed by atoms with Crippen LogP contribution >= 0.6 is 23.2 Å². The van der Waals surface area contributed by atoms with Crippen LogP contribution in [0.25, 0.3) is 0 Å². The zero-order valence-electron chi connectivity index (χ0n) is 11.7. The molecular formula is C18H18Cl2O. The van der Waals surface area contributed by atoms with Gasteiger partial charge >= 0.3 is 0 Å². The number of aliphatic hydroxyl groups excluding tert-OH is 1. The van der Waals surface area contributed by atoms with Crippen LogP contribution in [0, 0.1) is 0 Å². The summed E-state index contributed by atoms with van der Waals surface area (Å²) in [6.45, 7) is 0. The van der Waals surface area contributed by atoms with Crippen molar-refractivity contribution < 1.29 is 5.11 Å². The van der Waals surface area contributed by atoms with Crippen LogP contribution in [0.4, 0.5) is 0 Å². The van der Waals surface area contributed by atoms with Crippen molar-refractivity contribution in [3.05, 3.63) is 69.2 Å². The van der Waals surface area contributed by atoms with E-state index in [-0.39, 0.29) is 5.92 Å². The largest absolute Gasteiger partial charge is 0.392 e. The van der Waals surface area contributed by atoms with Gasteiger partial charge in [0.2, 0.25) is 0 Å². The van der Waals surface area contributed by atoms with E-state index >= 15 is 0 Å². The standard InChI is InChI=1S/C18H18Cl2O/c19-16-9-4-10-17(20)15(16)11-18(21)14-8-3-6-12-5-1-2-7-13(12)14/h1-2,4-5,7,9-10,14,18,21H,3,6,8,11H2. The summed E-state index contributed by atoms with van der Waals surface area (Å²) in [6, 6.07) is 13.9. The summed E-state index contributed by atoms with van der Waals surface area (Å²) in [5.74, 6) is 0.169. The van der Waals surface area contributed by atoms with Gasteiger partial charge in [0.25, 0.3) is 0 Å². The van der Waals surface area contributed by atoms with Crippen LogP contribution in [-0.4, -0.2) is 11.2 Å². The van der Waals surface area contributed by atoms with Crippen LogP contribution in [0.3, 0.4) is 0 Å². The Labute approximate surface area is 135 Å². The van der Waals surface area contributed by atoms with Crippen molar-refractivity contribution in [2.75, 3.05) is 0 Å². The van der Waals surface area contributed by atoms with Gasteiger partial charge in [-0.25, -0.2) is 0 Å². The van der Waals surface area contributed by atoms with E-state index in [2.05, 4.69) is 18.2 Å². The first-order chi connectivity index (χ1) is 10.2. The molecule has 0 saturated carbocycles. The molecule has 3 rings (SSSR count). The number of halogens is 2. The quantitative estimate of drug-likeness (QED) is 0.842. The monoisotopic (exact) mass is 320 g/mol. The molecule has 0 amide bonds. The van der Waals surface area contributed by atoms with Gasteiger partial charge in [-0.1, -0.05) is 53.5 Å². The maximum atomic E-state index is 10.7. The van der Waals surface area contributed by atoms with Crippen LogP contribution in [-0.2, 0) is 12.8 Å². The Kier molecular flexibility index (Phi) is 4.54. The molecule has 21 heavy (non-hydrogen) atoms. The highest BCUT2D eigenvalue weighted by Crippen LogP contribution is 2.36. The number of benzene rings is 2. The summed E-state index contributed by atoms with van der Waals surface area (Å²) in [6.07, 6.45) is 3.28. The topological polar surface area (TPSA) is 20.2 Å². The van der Waals surface area contributed by atoms with Crippen molar-refractivity contribution in [2.24, 2.45) is 0 Å². The van der Waals surface area contributed by atoms with Gasteiger partial charge in [0, 0.05) is 22.4 Å². The maximum absolute atomic E-state index is 10.7. The summed E-state index contributed by atoms with van der Waals surface area (Å²) in [5.41, 5.74) is 3.48. The van der Waals surface area contributed by atoms with E-state index in [1.807, 2.05) is 24.3 Å². The molecule has 0 heterocycles. The van der Waals surface area contributed by atoms with Crippen LogP contribution in [0.1, 0.15) is 35.4 Å². The van der Waals surface area contributed by atoms with E-state index in [9.17, 15) is 5.11 Å². The Bertz CT molecular complexity index is 619. The molecule has 2 unspecified atom stereocenters. The number of fused-ring (bicyclic) bond motifs is 1. The lowest BCUT2D eigenvalue weighted by molar-refractivity contribution is 0.134. The molecule has 1 aliphatic carbocycles. The van der Waals surface area contributed by atoms with Gasteiger partial charge in [0.05, 0.1) is 6.10 Å². The molecule has 3 heteroatoms. The smallest absolute Gasteiger partial charge is 0.0650 e. The Morgan fingerprint density at radius 2 is 1.76 bits per heavy atom. The minimum Gasteiger partial charge on any atom is -0.392 e. The van der Waals surface area contributed by atoms with Gasteiger partial charge in [-0.3, -0.25) is 0 Å². The fourth-order valence-electron chi connectivity index (χ4n) is 3.27. The SMILES string of the molecule is OC(Cc1c(Cl)cccc1Cl)C1CCCc2ccccc21. The molecule has 110 valence electrons. The van der Waals surface area contributed by atoms with E-state index in [0.29, 0.717) is 16.5 Å². The molecule has 0 fully saturated rings. The Morgan fingerprint density at radius 1 is 1.05 bits per heavy atom. The average Bonchev–Trinajstić information content (AvgIpc) is 2.50.